The van der Waals surface area contributed by atoms with Gasteiger partial charge in [0.2, 0.25) is 0 Å². The Bertz CT molecular complexity index is 801. The highest BCUT2D eigenvalue weighted by molar-refractivity contribution is 5.93. The van der Waals surface area contributed by atoms with Crippen molar-refractivity contribution >= 4 is 22.7 Å². The summed E-state index contributed by atoms with van der Waals surface area (Å²) in [6.45, 7) is 5.73. The molecule has 2 N–H and O–H groups in total. The Morgan fingerprint density at radius 3 is 2.59 bits per heavy atom. The number of aliphatic hydroxyl groups excluding tert-OH is 1. The number of aromatic nitrogens is 2. The quantitative estimate of drug-likeness (QED) is 0.840. The molecule has 1 aliphatic carbocycles. The van der Waals surface area contributed by atoms with E-state index in [1.165, 1.54) is 0 Å². The number of nitrogens with one attached hydrogen (secondary N) is 1. The Kier molecular flexibility index (Phi) is 5.60. The van der Waals surface area contributed by atoms with Crippen LogP contribution in [0.3, 0.4) is 0 Å². The molecule has 0 bridgehead atoms. The lowest BCUT2D eigenvalue weighted by Gasteiger charge is -2.27. The summed E-state index contributed by atoms with van der Waals surface area (Å²) >= 11 is 0. The number of hydrogen-bond donors (Lipinski definition) is 2. The summed E-state index contributed by atoms with van der Waals surface area (Å²) in [4.78, 5) is 12.1. The molecule has 0 unspecified atom stereocenters. The predicted octanol–water partition coefficient (Wildman–Crippen LogP) is 4.12. The van der Waals surface area contributed by atoms with Crippen LogP contribution in [0, 0.1) is 5.92 Å². The van der Waals surface area contributed by atoms with Gasteiger partial charge >= 0.3 is 6.09 Å². The smallest absolute Gasteiger partial charge is 0.412 e. The van der Waals surface area contributed by atoms with E-state index in [2.05, 4.69) is 5.32 Å². The predicted molar refractivity (Wildman–Crippen MR) is 104 cm³/mol. The molecular formula is C20H29N3O4. The summed E-state index contributed by atoms with van der Waals surface area (Å²) in [7, 11) is 1.56. The first-order chi connectivity index (χ1) is 12.8. The molecule has 0 radical (unpaired) electrons. The van der Waals surface area contributed by atoms with Crippen molar-refractivity contribution in [3.8, 4) is 5.75 Å². The molecule has 0 spiro atoms. The molecule has 27 heavy (non-hydrogen) atoms. The number of anilines is 1. The van der Waals surface area contributed by atoms with Gasteiger partial charge in [-0.15, -0.1) is 0 Å². The zero-order valence-electron chi connectivity index (χ0n) is 16.5. The second-order valence-corrected chi connectivity index (χ2v) is 8.20. The van der Waals surface area contributed by atoms with Crippen molar-refractivity contribution in [2.24, 2.45) is 5.92 Å². The van der Waals surface area contributed by atoms with E-state index in [1.807, 2.05) is 43.8 Å². The van der Waals surface area contributed by atoms with Crippen molar-refractivity contribution in [3.05, 3.63) is 18.3 Å². The van der Waals surface area contributed by atoms with Crippen LogP contribution in [0.1, 0.15) is 52.5 Å². The van der Waals surface area contributed by atoms with Gasteiger partial charge in [0.05, 0.1) is 24.4 Å². The summed E-state index contributed by atoms with van der Waals surface area (Å²) in [5.74, 6) is 0.957. The van der Waals surface area contributed by atoms with Gasteiger partial charge in [0, 0.05) is 24.3 Å². The summed E-state index contributed by atoms with van der Waals surface area (Å²) in [5, 5.41) is 17.7. The zero-order chi connectivity index (χ0) is 19.6. The zero-order valence-corrected chi connectivity index (χ0v) is 16.5. The van der Waals surface area contributed by atoms with E-state index in [1.54, 1.807) is 7.11 Å². The number of methoxy groups -OCH3 is 1. The Hall–Kier alpha value is -2.28. The number of aliphatic hydroxyl groups is 1. The maximum atomic E-state index is 12.1. The van der Waals surface area contributed by atoms with Gasteiger partial charge in [0.15, 0.2) is 0 Å². The standard InChI is InChI=1S/C20H29N3O4/c1-20(2,3)27-19(25)21-17-9-14-11-23(22-16(14)10-18(17)26-4)15-7-5-13(12-24)6-8-15/h9-11,13,15,24H,5-8,12H2,1-4H3,(H,21,25)/t13-,15-. The fourth-order valence-electron chi connectivity index (χ4n) is 3.53. The molecule has 1 heterocycles. The van der Waals surface area contributed by atoms with Crippen molar-refractivity contribution in [2.45, 2.75) is 58.1 Å². The molecule has 1 fully saturated rings. The van der Waals surface area contributed by atoms with Gasteiger partial charge in [-0.3, -0.25) is 10.00 Å². The summed E-state index contributed by atoms with van der Waals surface area (Å²) in [6, 6.07) is 4.03. The maximum Gasteiger partial charge on any atom is 0.412 e. The van der Waals surface area contributed by atoms with Gasteiger partial charge in [0.25, 0.3) is 0 Å². The SMILES string of the molecule is COc1cc2nn([C@H]3CC[C@H](CO)CC3)cc2cc1NC(=O)OC(C)(C)C. The Morgan fingerprint density at radius 1 is 1.30 bits per heavy atom. The molecule has 1 aromatic heterocycles. The van der Waals surface area contributed by atoms with E-state index in [-0.39, 0.29) is 6.61 Å². The minimum absolute atomic E-state index is 0.269. The first kappa shape index (κ1) is 19.5. The van der Waals surface area contributed by atoms with Crippen LogP contribution in [0.5, 0.6) is 5.75 Å². The van der Waals surface area contributed by atoms with Crippen LogP contribution < -0.4 is 10.1 Å². The highest BCUT2D eigenvalue weighted by atomic mass is 16.6. The number of carbonyl (C=O) groups is 1. The van der Waals surface area contributed by atoms with Crippen LogP contribution >= 0.6 is 0 Å². The van der Waals surface area contributed by atoms with Gasteiger partial charge in [-0.05, 0) is 58.4 Å². The summed E-state index contributed by atoms with van der Waals surface area (Å²) in [5.41, 5.74) is 0.813. The van der Waals surface area contributed by atoms with Crippen molar-refractivity contribution in [1.29, 1.82) is 0 Å². The van der Waals surface area contributed by atoms with Crippen LogP contribution in [0.25, 0.3) is 10.9 Å². The number of hydrogen-bond acceptors (Lipinski definition) is 5. The van der Waals surface area contributed by atoms with Crippen LogP contribution in [0.2, 0.25) is 0 Å². The fraction of sp³-hybridized carbons (Fsp3) is 0.600. The van der Waals surface area contributed by atoms with Crippen LogP contribution in [-0.4, -0.2) is 40.3 Å². The molecule has 3 rings (SSSR count). The number of carbonyl (C=O) groups excluding carboxylic acids is 1. The molecule has 148 valence electrons. The van der Waals surface area contributed by atoms with Crippen molar-refractivity contribution < 1.29 is 19.4 Å². The number of ether oxygens (including phenoxy) is 2. The average Bonchev–Trinajstić information content (AvgIpc) is 3.02. The third-order valence-corrected chi connectivity index (χ3v) is 4.93. The van der Waals surface area contributed by atoms with Crippen molar-refractivity contribution in [2.75, 3.05) is 19.0 Å². The molecule has 1 saturated carbocycles. The van der Waals surface area contributed by atoms with Gasteiger partial charge in [0.1, 0.15) is 11.4 Å². The Balaban J connectivity index is 1.81. The lowest BCUT2D eigenvalue weighted by molar-refractivity contribution is 0.0635. The minimum atomic E-state index is -0.570. The topological polar surface area (TPSA) is 85.6 Å². The van der Waals surface area contributed by atoms with Crippen LogP contribution in [0.15, 0.2) is 18.3 Å². The number of fused-ring (bicyclic) bond motifs is 1. The average molecular weight is 375 g/mol. The van der Waals surface area contributed by atoms with Gasteiger partial charge in [-0.25, -0.2) is 4.79 Å². The first-order valence-corrected chi connectivity index (χ1v) is 9.47. The number of benzene rings is 1. The number of rotatable bonds is 4. The summed E-state index contributed by atoms with van der Waals surface area (Å²) < 4.78 is 12.8. The maximum absolute atomic E-state index is 12.1. The first-order valence-electron chi connectivity index (χ1n) is 9.47. The van der Waals surface area contributed by atoms with Crippen LogP contribution in [-0.2, 0) is 4.74 Å². The second-order valence-electron chi connectivity index (χ2n) is 8.20. The van der Waals surface area contributed by atoms with E-state index in [9.17, 15) is 9.90 Å². The Morgan fingerprint density at radius 2 is 2.00 bits per heavy atom. The molecule has 2 aromatic rings. The van der Waals surface area contributed by atoms with Crippen molar-refractivity contribution in [3.63, 3.8) is 0 Å². The molecule has 7 nitrogen and oxygen atoms in total. The highest BCUT2D eigenvalue weighted by Gasteiger charge is 2.23. The lowest BCUT2D eigenvalue weighted by atomic mass is 9.87. The molecule has 1 amide bonds. The number of nitrogens with zero attached hydrogens (tertiary/aromatic N) is 2. The highest BCUT2D eigenvalue weighted by Crippen LogP contribution is 2.34. The third kappa shape index (κ3) is 4.71. The largest absolute Gasteiger partial charge is 0.494 e. The lowest BCUT2D eigenvalue weighted by Crippen LogP contribution is -2.27. The number of amides is 1. The molecule has 0 atom stereocenters. The summed E-state index contributed by atoms with van der Waals surface area (Å²) in [6.07, 6.45) is 5.56. The fourth-order valence-corrected chi connectivity index (χ4v) is 3.53. The second kappa shape index (κ2) is 7.76. The minimum Gasteiger partial charge on any atom is -0.494 e. The van der Waals surface area contributed by atoms with E-state index in [0.29, 0.717) is 23.4 Å². The van der Waals surface area contributed by atoms with Crippen molar-refractivity contribution in [1.82, 2.24) is 9.78 Å². The van der Waals surface area contributed by atoms with E-state index < -0.39 is 11.7 Å². The molecular weight excluding hydrogens is 346 g/mol. The molecule has 1 aliphatic rings. The normalized spacial score (nSPS) is 20.5. The molecule has 0 saturated heterocycles. The van der Waals surface area contributed by atoms with Gasteiger partial charge < -0.3 is 14.6 Å². The van der Waals surface area contributed by atoms with E-state index in [4.69, 9.17) is 14.6 Å². The van der Waals surface area contributed by atoms with Crippen LogP contribution in [0.4, 0.5) is 10.5 Å². The molecule has 0 aliphatic heterocycles. The van der Waals surface area contributed by atoms with Gasteiger partial charge in [-0.1, -0.05) is 0 Å². The monoisotopic (exact) mass is 375 g/mol. The third-order valence-electron chi connectivity index (χ3n) is 4.93. The Labute approximate surface area is 159 Å². The molecule has 1 aromatic carbocycles. The van der Waals surface area contributed by atoms with E-state index >= 15 is 0 Å². The molecule has 7 heteroatoms. The van der Waals surface area contributed by atoms with Gasteiger partial charge in [-0.2, -0.15) is 5.10 Å². The van der Waals surface area contributed by atoms with E-state index in [0.717, 1.165) is 36.6 Å².